The molecule has 0 bridgehead atoms. The van der Waals surface area contributed by atoms with Crippen molar-refractivity contribution in [2.75, 3.05) is 12.8 Å². The van der Waals surface area contributed by atoms with E-state index in [-0.39, 0.29) is 0 Å². The summed E-state index contributed by atoms with van der Waals surface area (Å²) in [5.74, 6) is 1.78. The van der Waals surface area contributed by atoms with Crippen LogP contribution in [-0.2, 0) is 0 Å². The molecule has 0 fully saturated rings. The summed E-state index contributed by atoms with van der Waals surface area (Å²) in [6.45, 7) is 1.97. The van der Waals surface area contributed by atoms with E-state index in [1.54, 1.807) is 13.2 Å². The Morgan fingerprint density at radius 2 is 2.12 bits per heavy atom. The molecule has 0 radical (unpaired) electrons. The van der Waals surface area contributed by atoms with E-state index in [1.165, 1.54) is 0 Å². The summed E-state index contributed by atoms with van der Waals surface area (Å²) in [4.78, 5) is 0. The summed E-state index contributed by atoms with van der Waals surface area (Å²) >= 11 is 3.47. The Morgan fingerprint density at radius 3 is 2.69 bits per heavy atom. The Bertz CT molecular complexity index is 523. The molecule has 2 rings (SSSR count). The lowest BCUT2D eigenvalue weighted by atomic mass is 10.1. The van der Waals surface area contributed by atoms with Gasteiger partial charge in [-0.25, -0.2) is 0 Å². The summed E-state index contributed by atoms with van der Waals surface area (Å²) in [7, 11) is 1.63. The van der Waals surface area contributed by atoms with E-state index in [0.29, 0.717) is 11.6 Å². The highest BCUT2D eigenvalue weighted by Crippen LogP contribution is 2.34. The fourth-order valence-corrected chi connectivity index (χ4v) is 2.13. The van der Waals surface area contributed by atoms with Gasteiger partial charge in [-0.3, -0.25) is 0 Å². The van der Waals surface area contributed by atoms with Gasteiger partial charge in [0.1, 0.15) is 5.75 Å². The van der Waals surface area contributed by atoms with Crippen LogP contribution in [0.4, 0.5) is 5.82 Å². The minimum absolute atomic E-state index is 0.362. The second kappa shape index (κ2) is 4.17. The summed E-state index contributed by atoms with van der Waals surface area (Å²) < 4.78 is 11.3. The predicted octanol–water partition coefficient (Wildman–Crippen LogP) is 3.00. The zero-order valence-corrected chi connectivity index (χ0v) is 10.5. The Morgan fingerprint density at radius 1 is 1.38 bits per heavy atom. The van der Waals surface area contributed by atoms with Crippen molar-refractivity contribution in [3.05, 3.63) is 28.2 Å². The molecule has 0 aliphatic carbocycles. The van der Waals surface area contributed by atoms with E-state index >= 15 is 0 Å². The molecule has 0 unspecified atom stereocenters. The predicted molar refractivity (Wildman–Crippen MR) is 65.3 cm³/mol. The first kappa shape index (κ1) is 11.0. The SMILES string of the molecule is COc1cc(-c2cc(N)no2)c(Br)cc1C. The average Bonchev–Trinajstić information content (AvgIpc) is 2.65. The van der Waals surface area contributed by atoms with E-state index in [9.17, 15) is 0 Å². The van der Waals surface area contributed by atoms with Crippen molar-refractivity contribution >= 4 is 21.7 Å². The standard InChI is InChI=1S/C11H11BrN2O2/c1-6-3-8(12)7(4-9(6)15-2)10-5-11(13)14-16-10/h3-5H,1-2H3,(H2,13,14). The highest BCUT2D eigenvalue weighted by atomic mass is 79.9. The van der Waals surface area contributed by atoms with Crippen molar-refractivity contribution < 1.29 is 9.26 Å². The van der Waals surface area contributed by atoms with Crippen molar-refractivity contribution in [3.8, 4) is 17.1 Å². The number of nitrogens with zero attached hydrogens (tertiary/aromatic N) is 1. The number of ether oxygens (including phenoxy) is 1. The summed E-state index contributed by atoms with van der Waals surface area (Å²) in [6, 6.07) is 5.53. The number of halogens is 1. The fourth-order valence-electron chi connectivity index (χ4n) is 1.48. The molecule has 0 saturated carbocycles. The van der Waals surface area contributed by atoms with Crippen molar-refractivity contribution in [2.24, 2.45) is 0 Å². The Labute approximate surface area is 102 Å². The fraction of sp³-hybridized carbons (Fsp3) is 0.182. The molecule has 1 aromatic heterocycles. The van der Waals surface area contributed by atoms with Gasteiger partial charge in [0.05, 0.1) is 7.11 Å². The van der Waals surface area contributed by atoms with Crippen LogP contribution in [0.2, 0.25) is 0 Å². The number of nitrogens with two attached hydrogens (primary N) is 1. The smallest absolute Gasteiger partial charge is 0.170 e. The maximum Gasteiger partial charge on any atom is 0.170 e. The minimum atomic E-state index is 0.362. The maximum atomic E-state index is 5.52. The number of aromatic nitrogens is 1. The highest BCUT2D eigenvalue weighted by molar-refractivity contribution is 9.10. The number of aryl methyl sites for hydroxylation is 1. The second-order valence-electron chi connectivity index (χ2n) is 3.42. The molecule has 0 saturated heterocycles. The van der Waals surface area contributed by atoms with Gasteiger partial charge < -0.3 is 15.0 Å². The molecule has 1 aromatic carbocycles. The monoisotopic (exact) mass is 282 g/mol. The van der Waals surface area contributed by atoms with Crippen molar-refractivity contribution in [1.82, 2.24) is 5.16 Å². The molecule has 0 aliphatic heterocycles. The number of hydrogen-bond donors (Lipinski definition) is 1. The third kappa shape index (κ3) is 1.90. The lowest BCUT2D eigenvalue weighted by Crippen LogP contribution is -1.89. The third-order valence-electron chi connectivity index (χ3n) is 2.28. The molecule has 2 aromatic rings. The normalized spacial score (nSPS) is 10.4. The number of anilines is 1. The van der Waals surface area contributed by atoms with Crippen LogP contribution in [0.25, 0.3) is 11.3 Å². The van der Waals surface area contributed by atoms with Gasteiger partial charge in [-0.15, -0.1) is 0 Å². The molecule has 2 N–H and O–H groups in total. The summed E-state index contributed by atoms with van der Waals surface area (Å²) in [6.07, 6.45) is 0. The first-order valence-electron chi connectivity index (χ1n) is 4.68. The third-order valence-corrected chi connectivity index (χ3v) is 2.93. The summed E-state index contributed by atoms with van der Waals surface area (Å²) in [5, 5.41) is 3.65. The largest absolute Gasteiger partial charge is 0.496 e. The molecule has 84 valence electrons. The van der Waals surface area contributed by atoms with E-state index in [0.717, 1.165) is 21.3 Å². The van der Waals surface area contributed by atoms with Gasteiger partial charge in [0.25, 0.3) is 0 Å². The number of benzene rings is 1. The van der Waals surface area contributed by atoms with Crippen molar-refractivity contribution in [2.45, 2.75) is 6.92 Å². The summed E-state index contributed by atoms with van der Waals surface area (Å²) in [5.41, 5.74) is 7.43. The molecule has 0 aliphatic rings. The van der Waals surface area contributed by atoms with Crippen LogP contribution in [0.1, 0.15) is 5.56 Å². The van der Waals surface area contributed by atoms with Crippen LogP contribution in [0.15, 0.2) is 27.2 Å². The Kier molecular flexibility index (Phi) is 2.87. The van der Waals surface area contributed by atoms with Crippen molar-refractivity contribution in [3.63, 3.8) is 0 Å². The van der Waals surface area contributed by atoms with Gasteiger partial charge in [0.2, 0.25) is 0 Å². The zero-order chi connectivity index (χ0) is 11.7. The van der Waals surface area contributed by atoms with Crippen LogP contribution in [0, 0.1) is 6.92 Å². The van der Waals surface area contributed by atoms with E-state index < -0.39 is 0 Å². The first-order chi connectivity index (χ1) is 7.61. The topological polar surface area (TPSA) is 61.3 Å². The van der Waals surface area contributed by atoms with E-state index in [1.807, 2.05) is 19.1 Å². The van der Waals surface area contributed by atoms with Crippen LogP contribution in [-0.4, -0.2) is 12.3 Å². The lowest BCUT2D eigenvalue weighted by Gasteiger charge is -2.07. The molecular weight excluding hydrogens is 272 g/mol. The molecule has 1 heterocycles. The van der Waals surface area contributed by atoms with Crippen LogP contribution in [0.3, 0.4) is 0 Å². The van der Waals surface area contributed by atoms with Crippen LogP contribution < -0.4 is 10.5 Å². The van der Waals surface area contributed by atoms with Crippen LogP contribution in [0.5, 0.6) is 5.75 Å². The van der Waals surface area contributed by atoms with Gasteiger partial charge in [0.15, 0.2) is 11.6 Å². The van der Waals surface area contributed by atoms with E-state index in [2.05, 4.69) is 21.1 Å². The zero-order valence-electron chi connectivity index (χ0n) is 8.95. The number of nitrogen functional groups attached to an aromatic ring is 1. The molecule has 5 heteroatoms. The lowest BCUT2D eigenvalue weighted by molar-refractivity contribution is 0.410. The minimum Gasteiger partial charge on any atom is -0.496 e. The molecule has 4 nitrogen and oxygen atoms in total. The van der Waals surface area contributed by atoms with Gasteiger partial charge in [-0.1, -0.05) is 21.1 Å². The van der Waals surface area contributed by atoms with E-state index in [4.69, 9.17) is 15.0 Å². The molecule has 16 heavy (non-hydrogen) atoms. The molecule has 0 spiro atoms. The number of rotatable bonds is 2. The van der Waals surface area contributed by atoms with Gasteiger partial charge in [-0.2, -0.15) is 0 Å². The van der Waals surface area contributed by atoms with Crippen molar-refractivity contribution in [1.29, 1.82) is 0 Å². The Hall–Kier alpha value is -1.49. The van der Waals surface area contributed by atoms with Gasteiger partial charge in [0, 0.05) is 16.1 Å². The van der Waals surface area contributed by atoms with Gasteiger partial charge in [-0.05, 0) is 24.6 Å². The molecular formula is C11H11BrN2O2. The number of hydrogen-bond acceptors (Lipinski definition) is 4. The number of methoxy groups -OCH3 is 1. The second-order valence-corrected chi connectivity index (χ2v) is 4.27. The molecule has 0 atom stereocenters. The van der Waals surface area contributed by atoms with Crippen LogP contribution >= 0.6 is 15.9 Å². The maximum absolute atomic E-state index is 5.52. The highest BCUT2D eigenvalue weighted by Gasteiger charge is 2.12. The first-order valence-corrected chi connectivity index (χ1v) is 5.48. The Balaban J connectivity index is 2.56. The quantitative estimate of drug-likeness (QED) is 0.920. The van der Waals surface area contributed by atoms with Gasteiger partial charge >= 0.3 is 0 Å². The average molecular weight is 283 g/mol. The molecule has 0 amide bonds.